The Hall–Kier alpha value is -1.97. The van der Waals surface area contributed by atoms with Gasteiger partial charge in [0.15, 0.2) is 18.5 Å². The molecule has 7 nitrogen and oxygen atoms in total. The van der Waals surface area contributed by atoms with Gasteiger partial charge in [-0.2, -0.15) is 0 Å². The molecule has 0 saturated carbocycles. The van der Waals surface area contributed by atoms with Gasteiger partial charge in [-0.3, -0.25) is 10.1 Å². The van der Waals surface area contributed by atoms with Crippen LogP contribution in [0.3, 0.4) is 0 Å². The highest BCUT2D eigenvalue weighted by atomic mass is 32.2. The van der Waals surface area contributed by atoms with E-state index in [1.807, 2.05) is 60.7 Å². The number of fused-ring (bicyclic) bond motifs is 1. The van der Waals surface area contributed by atoms with Crippen molar-refractivity contribution in [3.05, 3.63) is 76.3 Å². The van der Waals surface area contributed by atoms with E-state index in [0.29, 0.717) is 0 Å². The Morgan fingerprint density at radius 1 is 1.11 bits per heavy atom. The van der Waals surface area contributed by atoms with Crippen molar-refractivity contribution in [2.75, 3.05) is 6.61 Å². The molecule has 2 aliphatic rings. The summed E-state index contributed by atoms with van der Waals surface area (Å²) in [5.74, 6) is 0. The second kappa shape index (κ2) is 7.81. The minimum atomic E-state index is -1.73. The van der Waals surface area contributed by atoms with Crippen LogP contribution in [0.1, 0.15) is 18.8 Å². The molecule has 2 aromatic rings. The van der Waals surface area contributed by atoms with Gasteiger partial charge in [-0.05, 0) is 12.1 Å². The number of hydrogen-bond acceptors (Lipinski definition) is 7. The first-order valence-corrected chi connectivity index (χ1v) is 9.90. The molecule has 6 atom stereocenters. The molecule has 0 aromatic heterocycles. The molecule has 2 fully saturated rings. The van der Waals surface area contributed by atoms with Crippen molar-refractivity contribution < 1.29 is 24.2 Å². The summed E-state index contributed by atoms with van der Waals surface area (Å²) < 4.78 is 17.7. The third kappa shape index (κ3) is 3.42. The van der Waals surface area contributed by atoms with Gasteiger partial charge in [0.1, 0.15) is 11.5 Å². The molecule has 1 N–H and O–H groups in total. The van der Waals surface area contributed by atoms with Crippen LogP contribution in [0.15, 0.2) is 65.6 Å². The molecule has 4 rings (SSSR count). The summed E-state index contributed by atoms with van der Waals surface area (Å²) in [4.78, 5) is 12.4. The van der Waals surface area contributed by atoms with Crippen LogP contribution in [0.5, 0.6) is 0 Å². The maximum atomic E-state index is 12.0. The zero-order valence-corrected chi connectivity index (χ0v) is 16.0. The Labute approximate surface area is 166 Å². The number of ether oxygens (including phenoxy) is 3. The van der Waals surface area contributed by atoms with Crippen LogP contribution in [-0.2, 0) is 14.2 Å². The van der Waals surface area contributed by atoms with Crippen LogP contribution in [0, 0.1) is 10.1 Å². The topological polar surface area (TPSA) is 91.1 Å². The number of rotatable bonds is 4. The van der Waals surface area contributed by atoms with E-state index in [9.17, 15) is 15.2 Å². The molecule has 2 aromatic carbocycles. The standard InChI is InChI=1S/C20H21NO6S/c1-20(21(23)24)16(22)19(28-14-10-6-3-7-11-14)26-15-12-25-18(27-17(15)20)13-8-4-2-5-9-13/h2-11,15-19,22H,12H2,1H3/t15-,16+,17-,18?,19+,20+/m0/s1. The zero-order chi connectivity index (χ0) is 19.7. The van der Waals surface area contributed by atoms with Gasteiger partial charge in [0, 0.05) is 22.3 Å². The van der Waals surface area contributed by atoms with Crippen LogP contribution in [0.4, 0.5) is 0 Å². The minimum Gasteiger partial charge on any atom is -0.382 e. The molecule has 148 valence electrons. The highest BCUT2D eigenvalue weighted by molar-refractivity contribution is 7.99. The number of nitrogens with zero attached hydrogens (tertiary/aromatic N) is 1. The number of nitro groups is 1. The fourth-order valence-corrected chi connectivity index (χ4v) is 4.75. The van der Waals surface area contributed by atoms with E-state index in [0.717, 1.165) is 10.5 Å². The summed E-state index contributed by atoms with van der Waals surface area (Å²) in [5, 5.41) is 22.9. The van der Waals surface area contributed by atoms with Gasteiger partial charge >= 0.3 is 0 Å². The molecule has 28 heavy (non-hydrogen) atoms. The van der Waals surface area contributed by atoms with E-state index < -0.39 is 40.5 Å². The van der Waals surface area contributed by atoms with Gasteiger partial charge in [0.05, 0.1) is 6.61 Å². The average molecular weight is 403 g/mol. The molecule has 2 saturated heterocycles. The van der Waals surface area contributed by atoms with E-state index in [1.54, 1.807) is 0 Å². The number of benzene rings is 2. The van der Waals surface area contributed by atoms with Crippen molar-refractivity contribution >= 4 is 11.8 Å². The largest absolute Gasteiger partial charge is 0.382 e. The quantitative estimate of drug-likeness (QED) is 0.620. The van der Waals surface area contributed by atoms with Crippen molar-refractivity contribution in [2.24, 2.45) is 0 Å². The molecule has 0 bridgehead atoms. The van der Waals surface area contributed by atoms with Crippen molar-refractivity contribution in [1.29, 1.82) is 0 Å². The molecule has 2 aliphatic heterocycles. The lowest BCUT2D eigenvalue weighted by Crippen LogP contribution is -2.70. The normalized spacial score (nSPS) is 35.1. The lowest BCUT2D eigenvalue weighted by molar-refractivity contribution is -0.609. The molecule has 0 radical (unpaired) electrons. The summed E-state index contributed by atoms with van der Waals surface area (Å²) in [6.07, 6.45) is -3.69. The van der Waals surface area contributed by atoms with Crippen molar-refractivity contribution in [2.45, 2.75) is 47.4 Å². The van der Waals surface area contributed by atoms with Crippen molar-refractivity contribution in [1.82, 2.24) is 0 Å². The number of aliphatic hydroxyl groups excluding tert-OH is 1. The lowest BCUT2D eigenvalue weighted by Gasteiger charge is -2.48. The van der Waals surface area contributed by atoms with Gasteiger partial charge in [-0.1, -0.05) is 60.3 Å². The smallest absolute Gasteiger partial charge is 0.276 e. The van der Waals surface area contributed by atoms with Crippen molar-refractivity contribution in [3.8, 4) is 0 Å². The highest BCUT2D eigenvalue weighted by Gasteiger charge is 2.65. The molecular weight excluding hydrogens is 382 g/mol. The lowest BCUT2D eigenvalue weighted by atomic mass is 9.83. The third-order valence-corrected chi connectivity index (χ3v) is 6.37. The minimum absolute atomic E-state index is 0.145. The second-order valence-electron chi connectivity index (χ2n) is 7.03. The maximum absolute atomic E-state index is 12.0. The van der Waals surface area contributed by atoms with Gasteiger partial charge in [0.25, 0.3) is 5.54 Å². The monoisotopic (exact) mass is 403 g/mol. The first-order valence-electron chi connectivity index (χ1n) is 9.02. The molecule has 1 unspecified atom stereocenters. The first kappa shape index (κ1) is 19.4. The van der Waals surface area contributed by atoms with Crippen LogP contribution < -0.4 is 0 Å². The summed E-state index contributed by atoms with van der Waals surface area (Å²) >= 11 is 1.26. The predicted molar refractivity (Wildman–Crippen MR) is 102 cm³/mol. The van der Waals surface area contributed by atoms with Crippen LogP contribution >= 0.6 is 11.8 Å². The first-order chi connectivity index (χ1) is 13.5. The van der Waals surface area contributed by atoms with Gasteiger partial charge < -0.3 is 19.3 Å². The van der Waals surface area contributed by atoms with E-state index in [-0.39, 0.29) is 6.61 Å². The summed E-state index contributed by atoms with van der Waals surface area (Å²) in [6.45, 7) is 1.57. The van der Waals surface area contributed by atoms with Crippen LogP contribution in [0.25, 0.3) is 0 Å². The maximum Gasteiger partial charge on any atom is 0.276 e. The molecule has 0 amide bonds. The average Bonchev–Trinajstić information content (AvgIpc) is 2.73. The van der Waals surface area contributed by atoms with Crippen LogP contribution in [-0.4, -0.2) is 45.9 Å². The Morgan fingerprint density at radius 3 is 2.39 bits per heavy atom. The van der Waals surface area contributed by atoms with Gasteiger partial charge in [-0.25, -0.2) is 0 Å². The van der Waals surface area contributed by atoms with Crippen LogP contribution in [0.2, 0.25) is 0 Å². The van der Waals surface area contributed by atoms with E-state index in [1.165, 1.54) is 18.7 Å². The summed E-state index contributed by atoms with van der Waals surface area (Å²) in [6, 6.07) is 18.6. The fourth-order valence-electron chi connectivity index (χ4n) is 3.57. The molecule has 0 aliphatic carbocycles. The van der Waals surface area contributed by atoms with Gasteiger partial charge in [-0.15, -0.1) is 0 Å². The number of aliphatic hydroxyl groups is 1. The Bertz CT molecular complexity index is 822. The summed E-state index contributed by atoms with van der Waals surface area (Å²) in [5.41, 5.74) is -1.77. The SMILES string of the molecule is C[C@@]1([N+](=O)[O-])[C@H](O)[C@@H](Sc2ccccc2)O[C@H]2COC(c3ccccc3)O[C@@H]21. The van der Waals surface area contributed by atoms with E-state index >= 15 is 0 Å². The van der Waals surface area contributed by atoms with Gasteiger partial charge in [0.2, 0.25) is 0 Å². The molecule has 0 spiro atoms. The van der Waals surface area contributed by atoms with Crippen molar-refractivity contribution in [3.63, 3.8) is 0 Å². The Kier molecular flexibility index (Phi) is 5.39. The zero-order valence-electron chi connectivity index (χ0n) is 15.2. The summed E-state index contributed by atoms with van der Waals surface area (Å²) in [7, 11) is 0. The second-order valence-corrected chi connectivity index (χ2v) is 8.21. The third-order valence-electron chi connectivity index (χ3n) is 5.22. The Morgan fingerprint density at radius 2 is 1.75 bits per heavy atom. The fraction of sp³-hybridized carbons (Fsp3) is 0.400. The Balaban J connectivity index is 1.60. The van der Waals surface area contributed by atoms with E-state index in [2.05, 4.69) is 0 Å². The number of thioether (sulfide) groups is 1. The predicted octanol–water partition coefficient (Wildman–Crippen LogP) is 3.01. The highest BCUT2D eigenvalue weighted by Crippen LogP contribution is 2.44. The molecular formula is C20H21NO6S. The number of hydrogen-bond donors (Lipinski definition) is 1. The van der Waals surface area contributed by atoms with E-state index in [4.69, 9.17) is 14.2 Å². The molecule has 2 heterocycles. The molecule has 8 heteroatoms.